The first kappa shape index (κ1) is 20.4. The number of H-pyrrole nitrogens is 1. The number of nitrogens with two attached hydrogens (primary N) is 1. The number of rotatable bonds is 5. The lowest BCUT2D eigenvalue weighted by Crippen LogP contribution is -2.39. The van der Waals surface area contributed by atoms with Crippen molar-refractivity contribution in [3.05, 3.63) is 85.7 Å². The van der Waals surface area contributed by atoms with Gasteiger partial charge in [-0.3, -0.25) is 19.1 Å². The Kier molecular flexibility index (Phi) is 5.30. The molecule has 0 fully saturated rings. The number of carbonyl (C=O) groups is 1. The van der Waals surface area contributed by atoms with E-state index >= 15 is 0 Å². The topological polar surface area (TPSA) is 127 Å². The molecule has 0 atom stereocenters. The Labute approximate surface area is 180 Å². The van der Waals surface area contributed by atoms with Crippen molar-refractivity contribution in [1.29, 1.82) is 0 Å². The van der Waals surface area contributed by atoms with Crippen LogP contribution in [0, 0.1) is 6.92 Å². The van der Waals surface area contributed by atoms with Gasteiger partial charge < -0.3 is 15.1 Å². The van der Waals surface area contributed by atoms with E-state index in [0.29, 0.717) is 15.6 Å². The van der Waals surface area contributed by atoms with Crippen LogP contribution in [0.5, 0.6) is 0 Å². The number of hydrogen-bond donors (Lipinski definition) is 2. The maximum absolute atomic E-state index is 13.2. The van der Waals surface area contributed by atoms with Crippen LogP contribution in [0.3, 0.4) is 0 Å². The number of nitrogen functional groups attached to an aromatic ring is 1. The molecule has 1 amide bonds. The highest BCUT2D eigenvalue weighted by Gasteiger charge is 2.26. The van der Waals surface area contributed by atoms with E-state index < -0.39 is 17.2 Å². The number of anilines is 2. The van der Waals surface area contributed by atoms with Crippen molar-refractivity contribution in [3.8, 4) is 10.8 Å². The molecule has 3 N–H and O–H groups in total. The van der Waals surface area contributed by atoms with Crippen LogP contribution < -0.4 is 21.9 Å². The molecule has 0 radical (unpaired) electrons. The molecule has 0 aliphatic heterocycles. The van der Waals surface area contributed by atoms with Crippen molar-refractivity contribution < 1.29 is 9.21 Å². The Morgan fingerprint density at radius 1 is 1.23 bits per heavy atom. The van der Waals surface area contributed by atoms with Crippen LogP contribution in [0.4, 0.5) is 11.5 Å². The number of nitrogens with one attached hydrogen (secondary N) is 1. The zero-order valence-electron chi connectivity index (χ0n) is 16.8. The average molecular weight is 437 g/mol. The molecule has 10 heteroatoms. The number of aromatic nitrogens is 3. The zero-order chi connectivity index (χ0) is 22.1. The first-order valence-electron chi connectivity index (χ1n) is 9.32. The van der Waals surface area contributed by atoms with Crippen molar-refractivity contribution in [2.24, 2.45) is 0 Å². The number of thiazole rings is 1. The molecule has 1 aromatic carbocycles. The molecule has 31 heavy (non-hydrogen) atoms. The lowest BCUT2D eigenvalue weighted by molar-refractivity contribution is 0.0988. The lowest BCUT2D eigenvalue weighted by Gasteiger charge is -2.20. The Bertz CT molecular complexity index is 1350. The summed E-state index contributed by atoms with van der Waals surface area (Å²) < 4.78 is 6.57. The van der Waals surface area contributed by atoms with Gasteiger partial charge in [0.15, 0.2) is 16.5 Å². The Morgan fingerprint density at radius 3 is 2.65 bits per heavy atom. The molecule has 0 aliphatic rings. The Morgan fingerprint density at radius 2 is 1.97 bits per heavy atom. The van der Waals surface area contributed by atoms with E-state index in [1.54, 1.807) is 19.1 Å². The minimum Gasteiger partial charge on any atom is -0.462 e. The second-order valence-corrected chi connectivity index (χ2v) is 8.03. The molecule has 0 bridgehead atoms. The minimum absolute atomic E-state index is 0.104. The molecule has 0 saturated heterocycles. The van der Waals surface area contributed by atoms with Crippen molar-refractivity contribution in [2.45, 2.75) is 13.5 Å². The van der Waals surface area contributed by atoms with E-state index in [0.717, 1.165) is 10.5 Å². The molecule has 0 aliphatic carbocycles. The predicted molar refractivity (Wildman–Crippen MR) is 119 cm³/mol. The molecule has 0 spiro atoms. The van der Waals surface area contributed by atoms with Gasteiger partial charge in [0.05, 0.1) is 12.8 Å². The number of aromatic amines is 1. The number of carbonyl (C=O) groups excluding carboxylic acids is 1. The fraction of sp³-hybridized carbons (Fsp3) is 0.143. The van der Waals surface area contributed by atoms with Crippen LogP contribution in [0.25, 0.3) is 10.8 Å². The van der Waals surface area contributed by atoms with Crippen LogP contribution in [0.1, 0.15) is 20.9 Å². The molecule has 0 unspecified atom stereocenters. The van der Waals surface area contributed by atoms with Crippen molar-refractivity contribution >= 4 is 28.7 Å². The summed E-state index contributed by atoms with van der Waals surface area (Å²) in [6, 6.07) is 12.7. The molecular formula is C21H19N5O4S. The van der Waals surface area contributed by atoms with Gasteiger partial charge in [0, 0.05) is 11.9 Å². The van der Waals surface area contributed by atoms with E-state index in [4.69, 9.17) is 10.2 Å². The van der Waals surface area contributed by atoms with Crippen molar-refractivity contribution in [2.75, 3.05) is 17.7 Å². The largest absolute Gasteiger partial charge is 0.462 e. The summed E-state index contributed by atoms with van der Waals surface area (Å²) in [7, 11) is 1.42. The smallest absolute Gasteiger partial charge is 0.330 e. The van der Waals surface area contributed by atoms with E-state index in [-0.39, 0.29) is 23.7 Å². The zero-order valence-corrected chi connectivity index (χ0v) is 17.6. The van der Waals surface area contributed by atoms with E-state index in [1.807, 2.05) is 30.3 Å². The highest BCUT2D eigenvalue weighted by atomic mass is 32.1. The number of amides is 1. The van der Waals surface area contributed by atoms with Gasteiger partial charge in [0.25, 0.3) is 11.5 Å². The van der Waals surface area contributed by atoms with Crippen LogP contribution >= 0.6 is 11.3 Å². The summed E-state index contributed by atoms with van der Waals surface area (Å²) in [4.78, 5) is 46.5. The second-order valence-electron chi connectivity index (χ2n) is 6.83. The minimum atomic E-state index is -0.748. The summed E-state index contributed by atoms with van der Waals surface area (Å²) in [5, 5.41) is 0.551. The van der Waals surface area contributed by atoms with Gasteiger partial charge in [-0.1, -0.05) is 30.3 Å². The van der Waals surface area contributed by atoms with Crippen LogP contribution in [-0.4, -0.2) is 27.5 Å². The summed E-state index contributed by atoms with van der Waals surface area (Å²) >= 11 is 1.30. The SMILES string of the molecule is Cc1sc(-c2ccco2)nc1C(=O)N(C)c1c(N)n(Cc2ccccc2)c(=O)[nH]c1=O. The highest BCUT2D eigenvalue weighted by Crippen LogP contribution is 2.29. The molecule has 3 heterocycles. The molecular weight excluding hydrogens is 418 g/mol. The van der Waals surface area contributed by atoms with Gasteiger partial charge in [-0.25, -0.2) is 9.78 Å². The first-order chi connectivity index (χ1) is 14.9. The fourth-order valence-electron chi connectivity index (χ4n) is 3.19. The number of aryl methyl sites for hydroxylation is 1. The van der Waals surface area contributed by atoms with Gasteiger partial charge in [0.2, 0.25) is 0 Å². The van der Waals surface area contributed by atoms with E-state index in [1.165, 1.54) is 29.2 Å². The van der Waals surface area contributed by atoms with Crippen LogP contribution in [0.15, 0.2) is 62.7 Å². The molecule has 4 aromatic rings. The quantitative estimate of drug-likeness (QED) is 0.494. The maximum atomic E-state index is 13.2. The maximum Gasteiger partial charge on any atom is 0.330 e. The Hall–Kier alpha value is -3.92. The molecule has 9 nitrogen and oxygen atoms in total. The molecule has 4 rings (SSSR count). The lowest BCUT2D eigenvalue weighted by atomic mass is 10.2. The van der Waals surface area contributed by atoms with Crippen LogP contribution in [0.2, 0.25) is 0 Å². The van der Waals surface area contributed by atoms with Gasteiger partial charge >= 0.3 is 5.69 Å². The van der Waals surface area contributed by atoms with E-state index in [9.17, 15) is 14.4 Å². The Balaban J connectivity index is 1.72. The third kappa shape index (κ3) is 3.80. The number of hydrogen-bond acceptors (Lipinski definition) is 7. The predicted octanol–water partition coefficient (Wildman–Crippen LogP) is 2.47. The first-order valence-corrected chi connectivity index (χ1v) is 10.1. The van der Waals surface area contributed by atoms with Gasteiger partial charge in [-0.05, 0) is 24.6 Å². The second kappa shape index (κ2) is 8.07. The number of furan rings is 1. The standard InChI is InChI=1S/C21H19N5O4S/c1-12-15(23-19(31-12)14-9-6-10-30-14)20(28)25(2)16-17(22)26(21(29)24-18(16)27)11-13-7-4-3-5-8-13/h3-10H,11,22H2,1-2H3,(H,24,27,29). The van der Waals surface area contributed by atoms with Crippen molar-refractivity contribution in [1.82, 2.24) is 14.5 Å². The monoisotopic (exact) mass is 437 g/mol. The number of benzene rings is 1. The molecule has 3 aromatic heterocycles. The molecule has 158 valence electrons. The van der Waals surface area contributed by atoms with Crippen molar-refractivity contribution in [3.63, 3.8) is 0 Å². The van der Waals surface area contributed by atoms with Crippen LogP contribution in [-0.2, 0) is 6.54 Å². The molecule has 0 saturated carbocycles. The summed E-state index contributed by atoms with van der Waals surface area (Å²) in [5.41, 5.74) is 5.67. The third-order valence-corrected chi connectivity index (χ3v) is 5.75. The van der Waals surface area contributed by atoms with E-state index in [2.05, 4.69) is 9.97 Å². The average Bonchev–Trinajstić information content (AvgIpc) is 3.41. The third-order valence-electron chi connectivity index (χ3n) is 4.77. The number of nitrogens with zero attached hydrogens (tertiary/aromatic N) is 3. The summed E-state index contributed by atoms with van der Waals surface area (Å²) in [6.07, 6.45) is 1.52. The van der Waals surface area contributed by atoms with Gasteiger partial charge in [0.1, 0.15) is 11.5 Å². The summed E-state index contributed by atoms with van der Waals surface area (Å²) in [5.74, 6) is -0.0789. The van der Waals surface area contributed by atoms with Gasteiger partial charge in [-0.2, -0.15) is 0 Å². The summed E-state index contributed by atoms with van der Waals surface area (Å²) in [6.45, 7) is 1.91. The fourth-order valence-corrected chi connectivity index (χ4v) is 4.06. The highest BCUT2D eigenvalue weighted by molar-refractivity contribution is 7.15. The van der Waals surface area contributed by atoms with Gasteiger partial charge in [-0.15, -0.1) is 11.3 Å². The normalized spacial score (nSPS) is 10.9.